The lowest BCUT2D eigenvalue weighted by Crippen LogP contribution is -2.34. The van der Waals surface area contributed by atoms with Gasteiger partial charge in [0.1, 0.15) is 13.2 Å². The van der Waals surface area contributed by atoms with Gasteiger partial charge in [-0.25, -0.2) is 0 Å². The zero-order valence-corrected chi connectivity index (χ0v) is 43.4. The van der Waals surface area contributed by atoms with E-state index in [1.807, 2.05) is 41.8 Å². The van der Waals surface area contributed by atoms with Gasteiger partial charge in [0.15, 0.2) is 0 Å². The number of nitrogens with one attached hydrogen (secondary N) is 3. The van der Waals surface area contributed by atoms with Gasteiger partial charge in [0.05, 0.1) is 39.6 Å². The van der Waals surface area contributed by atoms with Crippen molar-refractivity contribution in [3.05, 3.63) is 0 Å². The number of carbonyl (C=O) groups excluding carboxylic acids is 4. The lowest BCUT2D eigenvalue weighted by atomic mass is 10.0. The van der Waals surface area contributed by atoms with Crippen LogP contribution < -0.4 is 10.6 Å². The number of carbonyl (C=O) groups is 6. The van der Waals surface area contributed by atoms with E-state index in [4.69, 9.17) is 39.4 Å². The molecule has 0 aliphatic heterocycles. The van der Waals surface area contributed by atoms with Crippen LogP contribution in [0.25, 0.3) is 0 Å². The van der Waals surface area contributed by atoms with E-state index in [1.54, 1.807) is 23.9 Å². The molecule has 67 heavy (non-hydrogen) atoms. The predicted octanol–water partition coefficient (Wildman–Crippen LogP) is 6.81. The van der Waals surface area contributed by atoms with Crippen molar-refractivity contribution in [2.24, 2.45) is 0 Å². The topological polar surface area (TPSA) is 237 Å². The number of amides is 4. The second-order valence-electron chi connectivity index (χ2n) is 15.7. The van der Waals surface area contributed by atoms with E-state index >= 15 is 0 Å². The molecule has 0 aliphatic carbocycles. The summed E-state index contributed by atoms with van der Waals surface area (Å²) in [6, 6.07) is 0.0729. The molecule has 0 bridgehead atoms. The average Bonchev–Trinajstić information content (AvgIpc) is 3.32. The number of rotatable bonds is 44. The molecule has 0 saturated heterocycles. The van der Waals surface area contributed by atoms with Crippen LogP contribution in [0.1, 0.15) is 163 Å². The van der Waals surface area contributed by atoms with Gasteiger partial charge in [-0.15, -0.1) is 0 Å². The van der Waals surface area contributed by atoms with Crippen LogP contribution in [0.3, 0.4) is 0 Å². The van der Waals surface area contributed by atoms with E-state index in [1.165, 1.54) is 62.5 Å². The van der Waals surface area contributed by atoms with E-state index in [-0.39, 0.29) is 62.6 Å². The molecule has 0 rings (SSSR count). The van der Waals surface area contributed by atoms with Crippen molar-refractivity contribution in [3.63, 3.8) is 0 Å². The number of aliphatic carboxylic acids is 1. The summed E-state index contributed by atoms with van der Waals surface area (Å²) in [6.45, 7) is 11.4. The molecule has 4 amide bonds. The summed E-state index contributed by atoms with van der Waals surface area (Å²) >= 11 is 0. The van der Waals surface area contributed by atoms with E-state index in [0.29, 0.717) is 78.3 Å². The molecule has 0 aromatic heterocycles. The van der Waals surface area contributed by atoms with Gasteiger partial charge in [0.2, 0.25) is 23.6 Å². The fraction of sp³-hybridized carbons (Fsp3) is 0.857. The maximum atomic E-state index is 12.5. The highest BCUT2D eigenvalue weighted by Gasteiger charge is 2.13. The third kappa shape index (κ3) is 53.1. The third-order valence-corrected chi connectivity index (χ3v) is 10.4. The standard InChI is InChI=1S/C44H84N6O10.2C2H6.CH2O2/c1-46-39(36-45)22-19-20-26-47-40(51)37-59-34-32-58-31-29-50(4)43(54)38-60-35-33-57-30-28-49(3)42(53)24-21-27-48(2)41(52)23-17-15-13-11-9-7-5-6-8-10-12-14-16-18-25-44(55)56;2*1-2;2-1-3/h36,39,45-46H,5-35,37-38H2,1-4H3,(H,47,51)(H,55,56);2*1-2H3;1H,(H,2,3). The second kappa shape index (κ2) is 56.6. The van der Waals surface area contributed by atoms with E-state index in [2.05, 4.69) is 10.6 Å². The highest BCUT2D eigenvalue weighted by Crippen LogP contribution is 2.14. The molecule has 0 spiro atoms. The first-order valence-electron chi connectivity index (χ1n) is 25.2. The van der Waals surface area contributed by atoms with Crippen LogP contribution in [-0.4, -0.2) is 180 Å². The number of likely N-dealkylation sites (N-methyl/N-ethyl adjacent to an activating group) is 2. The van der Waals surface area contributed by atoms with Crippen molar-refractivity contribution in [2.45, 2.75) is 169 Å². The third-order valence-electron chi connectivity index (χ3n) is 10.4. The Morgan fingerprint density at radius 1 is 0.537 bits per heavy atom. The number of hydrogen-bond acceptors (Lipinski definition) is 12. The van der Waals surface area contributed by atoms with E-state index in [0.717, 1.165) is 57.8 Å². The highest BCUT2D eigenvalue weighted by molar-refractivity contribution is 5.78. The Kier molecular flexibility index (Phi) is 59.0. The van der Waals surface area contributed by atoms with Gasteiger partial charge in [-0.1, -0.05) is 105 Å². The van der Waals surface area contributed by atoms with Crippen molar-refractivity contribution in [1.29, 1.82) is 5.41 Å². The largest absolute Gasteiger partial charge is 0.483 e. The van der Waals surface area contributed by atoms with Crippen LogP contribution in [0.15, 0.2) is 0 Å². The minimum Gasteiger partial charge on any atom is -0.483 e. The number of carboxylic acids is 1. The maximum absolute atomic E-state index is 12.5. The first-order valence-corrected chi connectivity index (χ1v) is 25.2. The molecule has 0 radical (unpaired) electrons. The predicted molar refractivity (Wildman–Crippen MR) is 267 cm³/mol. The smallest absolute Gasteiger partial charge is 0.303 e. The van der Waals surface area contributed by atoms with Crippen molar-refractivity contribution in [3.8, 4) is 0 Å². The molecule has 1 unspecified atom stereocenters. The molecule has 0 fully saturated rings. The minimum atomic E-state index is -0.694. The molecular weight excluding hydrogens is 865 g/mol. The zero-order chi connectivity index (χ0) is 51.2. The minimum absolute atomic E-state index is 0.00947. The van der Waals surface area contributed by atoms with Crippen LogP contribution >= 0.6 is 0 Å². The number of unbranched alkanes of at least 4 members (excludes halogenated alkanes) is 14. The van der Waals surface area contributed by atoms with E-state index in [9.17, 15) is 24.0 Å². The summed E-state index contributed by atoms with van der Waals surface area (Å²) in [4.78, 5) is 73.0. The summed E-state index contributed by atoms with van der Waals surface area (Å²) in [5.74, 6) is -0.902. The Bertz CT molecular complexity index is 1170. The monoisotopic (exact) mass is 963 g/mol. The fourth-order valence-electron chi connectivity index (χ4n) is 6.25. The Morgan fingerprint density at radius 3 is 1.37 bits per heavy atom. The summed E-state index contributed by atoms with van der Waals surface area (Å²) in [5, 5.41) is 28.7. The van der Waals surface area contributed by atoms with Crippen LogP contribution in [0.2, 0.25) is 0 Å². The summed E-state index contributed by atoms with van der Waals surface area (Å²) in [5.41, 5.74) is 0. The molecule has 0 aromatic rings. The number of hydrogen-bond donors (Lipinski definition) is 5. The van der Waals surface area contributed by atoms with Crippen LogP contribution in [0, 0.1) is 5.41 Å². The van der Waals surface area contributed by atoms with Crippen LogP contribution in [0.5, 0.6) is 0 Å². The normalized spacial score (nSPS) is 10.7. The Balaban J connectivity index is -0.00000267. The number of nitrogens with zero attached hydrogens (tertiary/aromatic N) is 3. The lowest BCUT2D eigenvalue weighted by Gasteiger charge is -2.20. The molecule has 5 N–H and O–H groups in total. The molecule has 0 aliphatic rings. The average molecular weight is 963 g/mol. The summed E-state index contributed by atoms with van der Waals surface area (Å²) in [6.07, 6.45) is 22.0. The first-order chi connectivity index (χ1) is 32.4. The first kappa shape index (κ1) is 69.9. The molecule has 18 heteroatoms. The van der Waals surface area contributed by atoms with E-state index < -0.39 is 5.97 Å². The zero-order valence-electron chi connectivity index (χ0n) is 43.4. The van der Waals surface area contributed by atoms with Crippen LogP contribution in [-0.2, 0) is 47.7 Å². The Labute approximate surface area is 405 Å². The molecule has 396 valence electrons. The molecule has 0 saturated carbocycles. The molecular formula is C49H98N6O12. The van der Waals surface area contributed by atoms with Gasteiger partial charge in [-0.05, 0) is 45.6 Å². The molecule has 0 aromatic carbocycles. The van der Waals surface area contributed by atoms with Gasteiger partial charge in [0.25, 0.3) is 6.47 Å². The van der Waals surface area contributed by atoms with Gasteiger partial charge in [-0.3, -0.25) is 28.8 Å². The fourth-order valence-corrected chi connectivity index (χ4v) is 6.25. The second-order valence-corrected chi connectivity index (χ2v) is 15.7. The Morgan fingerprint density at radius 2 is 0.925 bits per heavy atom. The molecule has 18 nitrogen and oxygen atoms in total. The number of ether oxygens (including phenoxy) is 4. The van der Waals surface area contributed by atoms with Crippen molar-refractivity contribution in [1.82, 2.24) is 25.3 Å². The maximum Gasteiger partial charge on any atom is 0.303 e. The summed E-state index contributed by atoms with van der Waals surface area (Å²) < 4.78 is 21.9. The highest BCUT2D eigenvalue weighted by atomic mass is 16.5. The Hall–Kier alpha value is -3.71. The summed E-state index contributed by atoms with van der Waals surface area (Å²) in [7, 11) is 7.05. The molecule has 0 heterocycles. The van der Waals surface area contributed by atoms with Gasteiger partial charge in [-0.2, -0.15) is 0 Å². The SMILES string of the molecule is CC.CC.CNC(C=N)CCCCNC(=O)COCCOCCN(C)C(=O)COCCOCCN(C)C(=O)CCCN(C)C(=O)CCCCCCCCCCCCCCCCC(=O)O.O=CO. The van der Waals surface area contributed by atoms with Gasteiger partial charge < -0.3 is 59.9 Å². The molecule has 1 atom stereocenters. The number of carboxylic acid groups (broad SMARTS) is 2. The van der Waals surface area contributed by atoms with Crippen molar-refractivity contribution in [2.75, 3.05) is 107 Å². The lowest BCUT2D eigenvalue weighted by molar-refractivity contribution is -0.137. The van der Waals surface area contributed by atoms with Crippen molar-refractivity contribution < 1.29 is 57.9 Å². The van der Waals surface area contributed by atoms with Crippen molar-refractivity contribution >= 4 is 42.3 Å². The van der Waals surface area contributed by atoms with Crippen LogP contribution in [0.4, 0.5) is 0 Å². The van der Waals surface area contributed by atoms with Gasteiger partial charge in [0, 0.05) is 78.8 Å². The quantitative estimate of drug-likeness (QED) is 0.0240. The van der Waals surface area contributed by atoms with Gasteiger partial charge >= 0.3 is 5.97 Å².